The van der Waals surface area contributed by atoms with E-state index < -0.39 is 0 Å². The molecule has 0 aromatic heterocycles. The van der Waals surface area contributed by atoms with E-state index in [0.29, 0.717) is 18.6 Å². The summed E-state index contributed by atoms with van der Waals surface area (Å²) in [6, 6.07) is 19.2. The first-order valence-corrected chi connectivity index (χ1v) is 7.71. The van der Waals surface area contributed by atoms with E-state index in [4.69, 9.17) is 17.3 Å². The summed E-state index contributed by atoms with van der Waals surface area (Å²) in [6.07, 6.45) is 0.964. The quantitative estimate of drug-likeness (QED) is 0.877. The molecule has 0 aliphatic carbocycles. The van der Waals surface area contributed by atoms with Crippen LogP contribution < -0.4 is 5.73 Å². The summed E-state index contributed by atoms with van der Waals surface area (Å²) in [6.45, 7) is 2.85. The monoisotopic (exact) mass is 302 g/mol. The minimum Gasteiger partial charge on any atom is -0.329 e. The van der Waals surface area contributed by atoms with Gasteiger partial charge in [-0.05, 0) is 43.7 Å². The molecule has 112 valence electrons. The molecule has 0 radical (unpaired) electrons. The summed E-state index contributed by atoms with van der Waals surface area (Å²) in [7, 11) is 2.14. The number of likely N-dealkylation sites (N-methyl/N-ethyl adjacent to an activating group) is 1. The molecule has 0 aliphatic heterocycles. The zero-order valence-corrected chi connectivity index (χ0v) is 13.4. The fourth-order valence-corrected chi connectivity index (χ4v) is 2.70. The number of hydrogen-bond donors (Lipinski definition) is 1. The van der Waals surface area contributed by atoms with E-state index in [1.165, 1.54) is 11.1 Å². The molecular formula is C18H23ClN2. The number of nitrogens with two attached hydrogens (primary N) is 1. The number of rotatable bonds is 6. The first kappa shape index (κ1) is 16.0. The van der Waals surface area contributed by atoms with Crippen LogP contribution in [0.1, 0.15) is 24.1 Å². The lowest BCUT2D eigenvalue weighted by molar-refractivity contribution is 0.187. The molecule has 2 nitrogen and oxygen atoms in total. The summed E-state index contributed by atoms with van der Waals surface area (Å²) in [5.41, 5.74) is 8.58. The molecule has 0 amide bonds. The summed E-state index contributed by atoms with van der Waals surface area (Å²) in [5.74, 6) is 0. The molecule has 0 aliphatic rings. The van der Waals surface area contributed by atoms with Gasteiger partial charge in [-0.25, -0.2) is 0 Å². The maximum absolute atomic E-state index is 6.00. The standard InChI is InChI=1S/C18H23ClN2/c1-14(16-8-10-17(19)11-9-16)21(2)18(13-20)12-15-6-4-3-5-7-15/h3-11,14,18H,12-13,20H2,1-2H3. The Bertz CT molecular complexity index is 539. The van der Waals surface area contributed by atoms with Gasteiger partial charge in [0.2, 0.25) is 0 Å². The molecule has 0 spiro atoms. The van der Waals surface area contributed by atoms with Crippen LogP contribution in [-0.2, 0) is 6.42 Å². The van der Waals surface area contributed by atoms with Crippen molar-refractivity contribution in [3.63, 3.8) is 0 Å². The van der Waals surface area contributed by atoms with Gasteiger partial charge < -0.3 is 5.73 Å². The zero-order valence-electron chi connectivity index (χ0n) is 12.7. The van der Waals surface area contributed by atoms with Gasteiger partial charge in [-0.15, -0.1) is 0 Å². The SMILES string of the molecule is CC(c1ccc(Cl)cc1)N(C)C(CN)Cc1ccccc1. The topological polar surface area (TPSA) is 29.3 Å². The van der Waals surface area contributed by atoms with Gasteiger partial charge in [-0.2, -0.15) is 0 Å². The molecule has 2 N–H and O–H groups in total. The minimum atomic E-state index is 0.305. The lowest BCUT2D eigenvalue weighted by Gasteiger charge is -2.33. The lowest BCUT2D eigenvalue weighted by atomic mass is 10.0. The highest BCUT2D eigenvalue weighted by atomic mass is 35.5. The molecular weight excluding hydrogens is 280 g/mol. The lowest BCUT2D eigenvalue weighted by Crippen LogP contribution is -2.41. The first-order valence-electron chi connectivity index (χ1n) is 7.33. The van der Waals surface area contributed by atoms with Crippen molar-refractivity contribution in [2.45, 2.75) is 25.4 Å². The highest BCUT2D eigenvalue weighted by molar-refractivity contribution is 6.30. The first-order chi connectivity index (χ1) is 10.1. The van der Waals surface area contributed by atoms with Crippen molar-refractivity contribution in [1.29, 1.82) is 0 Å². The highest BCUT2D eigenvalue weighted by Crippen LogP contribution is 2.23. The average Bonchev–Trinajstić information content (AvgIpc) is 2.53. The second-order valence-electron chi connectivity index (χ2n) is 5.47. The third-order valence-corrected chi connectivity index (χ3v) is 4.38. The van der Waals surface area contributed by atoms with Crippen LogP contribution >= 0.6 is 11.6 Å². The van der Waals surface area contributed by atoms with Crippen molar-refractivity contribution >= 4 is 11.6 Å². The Kier molecular flexibility index (Phi) is 5.80. The highest BCUT2D eigenvalue weighted by Gasteiger charge is 2.20. The molecule has 3 heteroatoms. The average molecular weight is 303 g/mol. The van der Waals surface area contributed by atoms with Crippen molar-refractivity contribution in [3.05, 3.63) is 70.7 Å². The van der Waals surface area contributed by atoms with Gasteiger partial charge in [0.1, 0.15) is 0 Å². The maximum atomic E-state index is 6.00. The number of benzene rings is 2. The van der Waals surface area contributed by atoms with E-state index in [1.807, 2.05) is 18.2 Å². The Morgan fingerprint density at radius 2 is 1.67 bits per heavy atom. The summed E-state index contributed by atoms with van der Waals surface area (Å²) >= 11 is 5.96. The second-order valence-corrected chi connectivity index (χ2v) is 5.91. The summed E-state index contributed by atoms with van der Waals surface area (Å²) < 4.78 is 0. The molecule has 2 aromatic carbocycles. The van der Waals surface area contributed by atoms with Crippen molar-refractivity contribution in [1.82, 2.24) is 4.90 Å². The Labute approximate surface area is 132 Å². The second kappa shape index (κ2) is 7.60. The largest absolute Gasteiger partial charge is 0.329 e. The van der Waals surface area contributed by atoms with Gasteiger partial charge in [0.25, 0.3) is 0 Å². The van der Waals surface area contributed by atoms with Crippen molar-refractivity contribution < 1.29 is 0 Å². The maximum Gasteiger partial charge on any atom is 0.0406 e. The third kappa shape index (κ3) is 4.31. The van der Waals surface area contributed by atoms with Crippen molar-refractivity contribution in [2.75, 3.05) is 13.6 Å². The summed E-state index contributed by atoms with van der Waals surface area (Å²) in [4.78, 5) is 2.34. The fourth-order valence-electron chi connectivity index (χ4n) is 2.57. The number of halogens is 1. The smallest absolute Gasteiger partial charge is 0.0406 e. The van der Waals surface area contributed by atoms with Crippen LogP contribution in [0.25, 0.3) is 0 Å². The molecule has 2 unspecified atom stereocenters. The van der Waals surface area contributed by atoms with Crippen LogP contribution in [0.4, 0.5) is 0 Å². The molecule has 0 fully saturated rings. The van der Waals surface area contributed by atoms with E-state index in [0.717, 1.165) is 11.4 Å². The Morgan fingerprint density at radius 1 is 1.05 bits per heavy atom. The molecule has 0 bridgehead atoms. The van der Waals surface area contributed by atoms with Gasteiger partial charge in [0, 0.05) is 23.7 Å². The molecule has 2 rings (SSSR count). The van der Waals surface area contributed by atoms with E-state index >= 15 is 0 Å². The van der Waals surface area contributed by atoms with Gasteiger partial charge in [-0.1, -0.05) is 54.1 Å². The molecule has 2 aromatic rings. The fraction of sp³-hybridized carbons (Fsp3) is 0.333. The Balaban J connectivity index is 2.08. The Hall–Kier alpha value is -1.35. The minimum absolute atomic E-state index is 0.305. The van der Waals surface area contributed by atoms with Crippen LogP contribution in [0.3, 0.4) is 0 Å². The predicted molar refractivity (Wildman–Crippen MR) is 90.6 cm³/mol. The molecule has 0 saturated heterocycles. The zero-order chi connectivity index (χ0) is 15.2. The van der Waals surface area contributed by atoms with Crippen LogP contribution in [-0.4, -0.2) is 24.5 Å². The number of hydrogen-bond acceptors (Lipinski definition) is 2. The normalized spacial score (nSPS) is 14.1. The molecule has 2 atom stereocenters. The third-order valence-electron chi connectivity index (χ3n) is 4.13. The number of nitrogens with zero attached hydrogens (tertiary/aromatic N) is 1. The molecule has 0 saturated carbocycles. The van der Waals surface area contributed by atoms with Crippen molar-refractivity contribution in [3.8, 4) is 0 Å². The van der Waals surface area contributed by atoms with E-state index in [1.54, 1.807) is 0 Å². The van der Waals surface area contributed by atoms with Gasteiger partial charge >= 0.3 is 0 Å². The molecule has 0 heterocycles. The Morgan fingerprint density at radius 3 is 2.24 bits per heavy atom. The van der Waals surface area contributed by atoms with Gasteiger partial charge in [0.05, 0.1) is 0 Å². The van der Waals surface area contributed by atoms with E-state index in [-0.39, 0.29) is 0 Å². The van der Waals surface area contributed by atoms with E-state index in [2.05, 4.69) is 55.3 Å². The van der Waals surface area contributed by atoms with Gasteiger partial charge in [-0.3, -0.25) is 4.90 Å². The van der Waals surface area contributed by atoms with Crippen LogP contribution in [0.5, 0.6) is 0 Å². The van der Waals surface area contributed by atoms with E-state index in [9.17, 15) is 0 Å². The summed E-state index contributed by atoms with van der Waals surface area (Å²) in [5, 5.41) is 0.772. The van der Waals surface area contributed by atoms with Crippen LogP contribution in [0, 0.1) is 0 Å². The molecule has 21 heavy (non-hydrogen) atoms. The van der Waals surface area contributed by atoms with Crippen LogP contribution in [0.2, 0.25) is 5.02 Å². The van der Waals surface area contributed by atoms with Crippen LogP contribution in [0.15, 0.2) is 54.6 Å². The van der Waals surface area contributed by atoms with Gasteiger partial charge in [0.15, 0.2) is 0 Å². The van der Waals surface area contributed by atoms with Crippen molar-refractivity contribution in [2.24, 2.45) is 5.73 Å². The predicted octanol–water partition coefficient (Wildman–Crippen LogP) is 3.90.